The summed E-state index contributed by atoms with van der Waals surface area (Å²) in [5.74, 6) is 0.150. The summed E-state index contributed by atoms with van der Waals surface area (Å²) in [5.41, 5.74) is 2.41. The number of nitrogens with zero attached hydrogens (tertiary/aromatic N) is 1. The van der Waals surface area contributed by atoms with E-state index in [1.54, 1.807) is 24.1 Å². The number of hydrogen-bond acceptors (Lipinski definition) is 5. The molecule has 0 N–H and O–H groups in total. The molecule has 0 unspecified atom stereocenters. The van der Waals surface area contributed by atoms with E-state index in [1.165, 1.54) is 26.4 Å². The van der Waals surface area contributed by atoms with Crippen molar-refractivity contribution in [3.8, 4) is 11.5 Å². The summed E-state index contributed by atoms with van der Waals surface area (Å²) in [5, 5.41) is 0. The average Bonchev–Trinajstić information content (AvgIpc) is 2.72. The Kier molecular flexibility index (Phi) is 6.36. The second-order valence-electron chi connectivity index (χ2n) is 6.85. The van der Waals surface area contributed by atoms with Crippen LogP contribution in [0.25, 0.3) is 0 Å². The number of carbonyl (C=O) groups excluding carboxylic acids is 2. The van der Waals surface area contributed by atoms with Gasteiger partial charge in [-0.05, 0) is 47.4 Å². The predicted molar refractivity (Wildman–Crippen MR) is 104 cm³/mol. The van der Waals surface area contributed by atoms with E-state index in [1.807, 2.05) is 12.1 Å². The Balaban J connectivity index is 1.95. The SMILES string of the molecule is COC(=O)C[C@@H]1c2cc(OC)c(OC)cc2CCN1C(=O)Cc1cccc(F)c1. The Morgan fingerprint density at radius 3 is 2.48 bits per heavy atom. The van der Waals surface area contributed by atoms with Crippen molar-refractivity contribution in [2.75, 3.05) is 27.9 Å². The van der Waals surface area contributed by atoms with Gasteiger partial charge < -0.3 is 19.1 Å². The van der Waals surface area contributed by atoms with Gasteiger partial charge in [0.1, 0.15) is 5.82 Å². The maximum atomic E-state index is 13.5. The minimum absolute atomic E-state index is 0.0217. The lowest BCUT2D eigenvalue weighted by atomic mass is 9.89. The summed E-state index contributed by atoms with van der Waals surface area (Å²) in [4.78, 5) is 26.8. The fourth-order valence-corrected chi connectivity index (χ4v) is 3.71. The molecule has 2 aromatic rings. The molecule has 7 heteroatoms. The van der Waals surface area contributed by atoms with Crippen molar-refractivity contribution in [2.45, 2.75) is 25.3 Å². The van der Waals surface area contributed by atoms with Crippen molar-refractivity contribution in [3.63, 3.8) is 0 Å². The maximum Gasteiger partial charge on any atom is 0.307 e. The zero-order valence-electron chi connectivity index (χ0n) is 16.7. The average molecular weight is 401 g/mol. The molecule has 2 aromatic carbocycles. The van der Waals surface area contributed by atoms with E-state index in [9.17, 15) is 14.0 Å². The van der Waals surface area contributed by atoms with E-state index < -0.39 is 12.0 Å². The lowest BCUT2D eigenvalue weighted by Crippen LogP contribution is -2.42. The Morgan fingerprint density at radius 1 is 1.10 bits per heavy atom. The quantitative estimate of drug-likeness (QED) is 0.696. The summed E-state index contributed by atoms with van der Waals surface area (Å²) in [7, 11) is 4.42. The van der Waals surface area contributed by atoms with Gasteiger partial charge in [0.05, 0.1) is 40.2 Å². The summed E-state index contributed by atoms with van der Waals surface area (Å²) < 4.78 is 29.1. The molecule has 6 nitrogen and oxygen atoms in total. The number of carbonyl (C=O) groups is 2. The standard InChI is InChI=1S/C22H24FNO5/c1-27-19-11-15-7-8-24(21(25)10-14-5-4-6-16(23)9-14)18(13-22(26)29-3)17(15)12-20(19)28-2/h4-6,9,11-12,18H,7-8,10,13H2,1-3H3/t18-/m1/s1. The molecular weight excluding hydrogens is 377 g/mol. The van der Waals surface area contributed by atoms with Gasteiger partial charge >= 0.3 is 5.97 Å². The number of hydrogen-bond donors (Lipinski definition) is 0. The molecule has 0 saturated carbocycles. The molecule has 1 aliphatic rings. The number of esters is 1. The highest BCUT2D eigenvalue weighted by Crippen LogP contribution is 2.39. The molecule has 1 aliphatic heterocycles. The van der Waals surface area contributed by atoms with Crippen LogP contribution in [0.4, 0.5) is 4.39 Å². The highest BCUT2D eigenvalue weighted by Gasteiger charge is 2.33. The molecule has 0 fully saturated rings. The van der Waals surface area contributed by atoms with Crippen LogP contribution in [-0.2, 0) is 27.2 Å². The second kappa shape index (κ2) is 8.94. The Bertz CT molecular complexity index is 914. The van der Waals surface area contributed by atoms with Gasteiger partial charge in [0.25, 0.3) is 0 Å². The van der Waals surface area contributed by atoms with Crippen molar-refractivity contribution in [2.24, 2.45) is 0 Å². The fraction of sp³-hybridized carbons (Fsp3) is 0.364. The molecule has 0 radical (unpaired) electrons. The molecule has 0 aromatic heterocycles. The van der Waals surface area contributed by atoms with Crippen molar-refractivity contribution in [3.05, 3.63) is 58.9 Å². The zero-order chi connectivity index (χ0) is 21.0. The first-order chi connectivity index (χ1) is 14.0. The number of amides is 1. The van der Waals surface area contributed by atoms with Crippen molar-refractivity contribution in [1.29, 1.82) is 0 Å². The Hall–Kier alpha value is -3.09. The predicted octanol–water partition coefficient (Wildman–Crippen LogP) is 3.07. The first-order valence-electron chi connectivity index (χ1n) is 9.32. The third kappa shape index (κ3) is 4.50. The monoisotopic (exact) mass is 401 g/mol. The maximum absolute atomic E-state index is 13.5. The largest absolute Gasteiger partial charge is 0.493 e. The van der Waals surface area contributed by atoms with Gasteiger partial charge in [-0.15, -0.1) is 0 Å². The minimum Gasteiger partial charge on any atom is -0.493 e. The normalized spacial score (nSPS) is 15.4. The zero-order valence-corrected chi connectivity index (χ0v) is 16.7. The first kappa shape index (κ1) is 20.6. The van der Waals surface area contributed by atoms with E-state index in [0.29, 0.717) is 30.0 Å². The lowest BCUT2D eigenvalue weighted by Gasteiger charge is -2.37. The van der Waals surface area contributed by atoms with Crippen LogP contribution in [-0.4, -0.2) is 44.7 Å². The molecule has 3 rings (SSSR count). The van der Waals surface area contributed by atoms with E-state index in [0.717, 1.165) is 11.1 Å². The van der Waals surface area contributed by atoms with Crippen LogP contribution in [0.1, 0.15) is 29.2 Å². The third-order valence-corrected chi connectivity index (χ3v) is 5.16. The van der Waals surface area contributed by atoms with Crippen LogP contribution < -0.4 is 9.47 Å². The molecule has 0 saturated heterocycles. The van der Waals surface area contributed by atoms with Crippen LogP contribution in [0.15, 0.2) is 36.4 Å². The van der Waals surface area contributed by atoms with Crippen LogP contribution in [0.5, 0.6) is 11.5 Å². The number of fused-ring (bicyclic) bond motifs is 1. The number of benzene rings is 2. The molecule has 1 amide bonds. The number of rotatable bonds is 6. The Labute approximate surface area is 169 Å². The molecular formula is C22H24FNO5. The van der Waals surface area contributed by atoms with Gasteiger partial charge in [0.2, 0.25) is 5.91 Å². The van der Waals surface area contributed by atoms with Crippen molar-refractivity contribution < 1.29 is 28.2 Å². The van der Waals surface area contributed by atoms with Gasteiger partial charge in [0, 0.05) is 6.54 Å². The summed E-state index contributed by atoms with van der Waals surface area (Å²) in [6.07, 6.45) is 0.689. The van der Waals surface area contributed by atoms with E-state index in [-0.39, 0.29) is 24.6 Å². The second-order valence-corrected chi connectivity index (χ2v) is 6.85. The fourth-order valence-electron chi connectivity index (χ4n) is 3.71. The Morgan fingerprint density at radius 2 is 1.83 bits per heavy atom. The lowest BCUT2D eigenvalue weighted by molar-refractivity contribution is -0.144. The van der Waals surface area contributed by atoms with E-state index in [4.69, 9.17) is 14.2 Å². The molecule has 0 aliphatic carbocycles. The van der Waals surface area contributed by atoms with Crippen molar-refractivity contribution >= 4 is 11.9 Å². The van der Waals surface area contributed by atoms with Crippen LogP contribution in [0.2, 0.25) is 0 Å². The highest BCUT2D eigenvalue weighted by atomic mass is 19.1. The smallest absolute Gasteiger partial charge is 0.307 e. The van der Waals surface area contributed by atoms with E-state index in [2.05, 4.69) is 0 Å². The molecule has 0 bridgehead atoms. The van der Waals surface area contributed by atoms with Gasteiger partial charge in [-0.25, -0.2) is 4.39 Å². The van der Waals surface area contributed by atoms with Gasteiger partial charge in [-0.1, -0.05) is 12.1 Å². The van der Waals surface area contributed by atoms with Crippen LogP contribution in [0, 0.1) is 5.82 Å². The molecule has 0 spiro atoms. The van der Waals surface area contributed by atoms with Crippen LogP contribution in [0.3, 0.4) is 0 Å². The number of ether oxygens (including phenoxy) is 3. The topological polar surface area (TPSA) is 65.1 Å². The van der Waals surface area contributed by atoms with Gasteiger partial charge in [-0.3, -0.25) is 9.59 Å². The summed E-state index contributed by atoms with van der Waals surface area (Å²) >= 11 is 0. The summed E-state index contributed by atoms with van der Waals surface area (Å²) in [6.45, 7) is 0.443. The van der Waals surface area contributed by atoms with E-state index >= 15 is 0 Å². The molecule has 1 heterocycles. The van der Waals surface area contributed by atoms with Crippen molar-refractivity contribution in [1.82, 2.24) is 4.90 Å². The van der Waals surface area contributed by atoms with Gasteiger partial charge in [0.15, 0.2) is 11.5 Å². The van der Waals surface area contributed by atoms with Gasteiger partial charge in [-0.2, -0.15) is 0 Å². The molecule has 1 atom stereocenters. The van der Waals surface area contributed by atoms with Crippen LogP contribution >= 0.6 is 0 Å². The summed E-state index contributed by atoms with van der Waals surface area (Å²) in [6, 6.07) is 9.17. The third-order valence-electron chi connectivity index (χ3n) is 5.16. The molecule has 29 heavy (non-hydrogen) atoms. The number of methoxy groups -OCH3 is 3. The number of halogens is 1. The minimum atomic E-state index is -0.493. The first-order valence-corrected chi connectivity index (χ1v) is 9.32. The highest BCUT2D eigenvalue weighted by molar-refractivity contribution is 5.81. The molecule has 154 valence electrons.